The van der Waals surface area contributed by atoms with E-state index in [0.29, 0.717) is 26.2 Å². The molecule has 6 nitrogen and oxygen atoms in total. The van der Waals surface area contributed by atoms with E-state index in [1.54, 1.807) is 12.0 Å². The standard InChI is InChI=1S/C19H28N2O4/c1-15-6-4-5-7-17(15)8-9-20-18(23)12-19(14-24-3)13-21(16(2)22)10-11-25-19/h4-7H,8-14H2,1-3H3,(H,20,23)/t19-/m0/s1. The molecule has 1 aliphatic rings. The molecule has 1 fully saturated rings. The zero-order valence-corrected chi connectivity index (χ0v) is 15.3. The highest BCUT2D eigenvalue weighted by Gasteiger charge is 2.39. The van der Waals surface area contributed by atoms with Crippen molar-refractivity contribution in [2.24, 2.45) is 0 Å². The van der Waals surface area contributed by atoms with E-state index in [1.807, 2.05) is 12.1 Å². The van der Waals surface area contributed by atoms with Crippen molar-refractivity contribution in [2.45, 2.75) is 32.3 Å². The third kappa shape index (κ3) is 5.54. The number of hydrogen-bond donors (Lipinski definition) is 1. The molecule has 1 aromatic carbocycles. The minimum Gasteiger partial charge on any atom is -0.382 e. The predicted molar refractivity (Wildman–Crippen MR) is 95.3 cm³/mol. The fraction of sp³-hybridized carbons (Fsp3) is 0.579. The number of benzene rings is 1. The van der Waals surface area contributed by atoms with Gasteiger partial charge in [-0.05, 0) is 24.5 Å². The molecule has 0 aromatic heterocycles. The van der Waals surface area contributed by atoms with Gasteiger partial charge >= 0.3 is 0 Å². The van der Waals surface area contributed by atoms with Crippen molar-refractivity contribution in [3.05, 3.63) is 35.4 Å². The third-order valence-electron chi connectivity index (χ3n) is 4.56. The summed E-state index contributed by atoms with van der Waals surface area (Å²) in [6.07, 6.45) is 0.967. The van der Waals surface area contributed by atoms with Crippen LogP contribution in [0.5, 0.6) is 0 Å². The highest BCUT2D eigenvalue weighted by Crippen LogP contribution is 2.23. The van der Waals surface area contributed by atoms with Crippen molar-refractivity contribution < 1.29 is 19.1 Å². The van der Waals surface area contributed by atoms with Crippen molar-refractivity contribution in [2.75, 3.05) is 40.0 Å². The number of morpholine rings is 1. The van der Waals surface area contributed by atoms with Crippen LogP contribution < -0.4 is 5.32 Å². The largest absolute Gasteiger partial charge is 0.382 e. The molecule has 25 heavy (non-hydrogen) atoms. The van der Waals surface area contributed by atoms with Crippen LogP contribution in [0.25, 0.3) is 0 Å². The van der Waals surface area contributed by atoms with Crippen LogP contribution in [-0.2, 0) is 25.5 Å². The first-order valence-corrected chi connectivity index (χ1v) is 8.65. The van der Waals surface area contributed by atoms with Crippen LogP contribution in [0, 0.1) is 6.92 Å². The Balaban J connectivity index is 1.89. The quantitative estimate of drug-likeness (QED) is 0.807. The van der Waals surface area contributed by atoms with E-state index in [9.17, 15) is 9.59 Å². The summed E-state index contributed by atoms with van der Waals surface area (Å²) in [7, 11) is 1.58. The van der Waals surface area contributed by atoms with Crippen molar-refractivity contribution in [1.29, 1.82) is 0 Å². The Morgan fingerprint density at radius 1 is 1.36 bits per heavy atom. The van der Waals surface area contributed by atoms with Crippen molar-refractivity contribution in [3.8, 4) is 0 Å². The van der Waals surface area contributed by atoms with Gasteiger partial charge in [0.05, 0.1) is 26.2 Å². The average Bonchev–Trinajstić information content (AvgIpc) is 2.57. The Bertz CT molecular complexity index is 601. The van der Waals surface area contributed by atoms with Gasteiger partial charge in [-0.3, -0.25) is 9.59 Å². The van der Waals surface area contributed by atoms with Gasteiger partial charge in [-0.2, -0.15) is 0 Å². The van der Waals surface area contributed by atoms with Gasteiger partial charge in [0, 0.05) is 27.1 Å². The number of rotatable bonds is 7. The number of ether oxygens (including phenoxy) is 2. The molecule has 1 atom stereocenters. The van der Waals surface area contributed by atoms with Crippen LogP contribution in [0.1, 0.15) is 24.5 Å². The first-order valence-electron chi connectivity index (χ1n) is 8.65. The number of nitrogens with zero attached hydrogens (tertiary/aromatic N) is 1. The lowest BCUT2D eigenvalue weighted by atomic mass is 9.97. The van der Waals surface area contributed by atoms with E-state index in [2.05, 4.69) is 24.4 Å². The summed E-state index contributed by atoms with van der Waals surface area (Å²) in [5, 5.41) is 2.95. The van der Waals surface area contributed by atoms with Crippen molar-refractivity contribution >= 4 is 11.8 Å². The van der Waals surface area contributed by atoms with Crippen molar-refractivity contribution in [1.82, 2.24) is 10.2 Å². The van der Waals surface area contributed by atoms with Crippen molar-refractivity contribution in [3.63, 3.8) is 0 Å². The molecule has 0 saturated carbocycles. The molecule has 2 amide bonds. The molecule has 0 aliphatic carbocycles. The number of amides is 2. The smallest absolute Gasteiger partial charge is 0.223 e. The van der Waals surface area contributed by atoms with Gasteiger partial charge in [-0.15, -0.1) is 0 Å². The van der Waals surface area contributed by atoms with E-state index in [4.69, 9.17) is 9.47 Å². The number of nitrogens with one attached hydrogen (secondary N) is 1. The summed E-state index contributed by atoms with van der Waals surface area (Å²) in [6.45, 7) is 5.80. The number of methoxy groups -OCH3 is 1. The van der Waals surface area contributed by atoms with E-state index in [1.165, 1.54) is 18.1 Å². The molecule has 0 spiro atoms. The fourth-order valence-electron chi connectivity index (χ4n) is 3.20. The van der Waals surface area contributed by atoms with E-state index in [-0.39, 0.29) is 24.8 Å². The number of hydrogen-bond acceptors (Lipinski definition) is 4. The van der Waals surface area contributed by atoms with Crippen LogP contribution >= 0.6 is 0 Å². The molecule has 1 aromatic rings. The molecule has 1 N–H and O–H groups in total. The molecule has 138 valence electrons. The second kappa shape index (κ2) is 8.97. The maximum atomic E-state index is 12.4. The first kappa shape index (κ1) is 19.4. The molecule has 6 heteroatoms. The molecular formula is C19H28N2O4. The van der Waals surface area contributed by atoms with Crippen LogP contribution in [-0.4, -0.2) is 62.3 Å². The number of carbonyl (C=O) groups excluding carboxylic acids is 2. The zero-order valence-electron chi connectivity index (χ0n) is 15.3. The number of carbonyl (C=O) groups is 2. The average molecular weight is 348 g/mol. The lowest BCUT2D eigenvalue weighted by Crippen LogP contribution is -2.57. The van der Waals surface area contributed by atoms with Crippen LogP contribution in [0.2, 0.25) is 0 Å². The maximum Gasteiger partial charge on any atom is 0.223 e. The summed E-state index contributed by atoms with van der Waals surface area (Å²) in [5.41, 5.74) is 1.68. The third-order valence-corrected chi connectivity index (χ3v) is 4.56. The number of aryl methyl sites for hydroxylation is 1. The lowest BCUT2D eigenvalue weighted by Gasteiger charge is -2.41. The van der Waals surface area contributed by atoms with Crippen LogP contribution in [0.3, 0.4) is 0 Å². The monoisotopic (exact) mass is 348 g/mol. The molecular weight excluding hydrogens is 320 g/mol. The maximum absolute atomic E-state index is 12.4. The predicted octanol–water partition coefficient (Wildman–Crippen LogP) is 1.31. The normalized spacial score (nSPS) is 20.4. The minimum absolute atomic E-state index is 0.0104. The first-order chi connectivity index (χ1) is 12.0. The second-order valence-electron chi connectivity index (χ2n) is 6.61. The molecule has 1 aliphatic heterocycles. The summed E-state index contributed by atoms with van der Waals surface area (Å²) in [6, 6.07) is 8.15. The zero-order chi connectivity index (χ0) is 18.3. The Hall–Kier alpha value is -1.92. The highest BCUT2D eigenvalue weighted by molar-refractivity contribution is 5.78. The fourth-order valence-corrected chi connectivity index (χ4v) is 3.20. The highest BCUT2D eigenvalue weighted by atomic mass is 16.5. The minimum atomic E-state index is -0.772. The van der Waals surface area contributed by atoms with E-state index >= 15 is 0 Å². The topological polar surface area (TPSA) is 67.9 Å². The Morgan fingerprint density at radius 3 is 2.80 bits per heavy atom. The summed E-state index contributed by atoms with van der Waals surface area (Å²) in [5.74, 6) is -0.0974. The molecule has 2 rings (SSSR count). The SMILES string of the molecule is COC[C@]1(CC(=O)NCCc2ccccc2C)CN(C(C)=O)CCO1. The molecule has 1 heterocycles. The van der Waals surface area contributed by atoms with Gasteiger partial charge in [-0.1, -0.05) is 24.3 Å². The van der Waals surface area contributed by atoms with Crippen LogP contribution in [0.4, 0.5) is 0 Å². The summed E-state index contributed by atoms with van der Waals surface area (Å²) >= 11 is 0. The molecule has 0 bridgehead atoms. The van der Waals surface area contributed by atoms with E-state index in [0.717, 1.165) is 6.42 Å². The van der Waals surface area contributed by atoms with Gasteiger partial charge in [0.1, 0.15) is 5.60 Å². The Labute approximate surface area is 149 Å². The van der Waals surface area contributed by atoms with Gasteiger partial charge in [-0.25, -0.2) is 0 Å². The molecule has 0 unspecified atom stereocenters. The Kier molecular flexibility index (Phi) is 6.96. The molecule has 1 saturated heterocycles. The van der Waals surface area contributed by atoms with Gasteiger partial charge in [0.2, 0.25) is 11.8 Å². The molecule has 0 radical (unpaired) electrons. The lowest BCUT2D eigenvalue weighted by molar-refractivity contribution is -0.165. The van der Waals surface area contributed by atoms with Gasteiger partial charge in [0.15, 0.2) is 0 Å². The summed E-state index contributed by atoms with van der Waals surface area (Å²) in [4.78, 5) is 25.8. The van der Waals surface area contributed by atoms with E-state index < -0.39 is 5.60 Å². The van der Waals surface area contributed by atoms with Gasteiger partial charge in [0.25, 0.3) is 0 Å². The van der Waals surface area contributed by atoms with Crippen LogP contribution in [0.15, 0.2) is 24.3 Å². The summed E-state index contributed by atoms with van der Waals surface area (Å²) < 4.78 is 11.1. The Morgan fingerprint density at radius 2 is 2.12 bits per heavy atom. The van der Waals surface area contributed by atoms with Gasteiger partial charge < -0.3 is 19.7 Å². The second-order valence-corrected chi connectivity index (χ2v) is 6.61.